The number of nitrogens with zero attached hydrogens (tertiary/aromatic N) is 3. The molecule has 0 aliphatic rings. The van der Waals surface area contributed by atoms with E-state index in [0.717, 1.165) is 17.9 Å². The Hall–Kier alpha value is -1.92. The lowest BCUT2D eigenvalue weighted by Gasteiger charge is -2.08. The van der Waals surface area contributed by atoms with Crippen LogP contribution in [0.25, 0.3) is 0 Å². The Bertz CT molecular complexity index is 611. The molecule has 7 heteroatoms. The van der Waals surface area contributed by atoms with Gasteiger partial charge in [-0.05, 0) is 24.6 Å². The molecule has 1 aromatic heterocycles. The molecular formula is C13H16ClN5O. The lowest BCUT2D eigenvalue weighted by Crippen LogP contribution is -2.17. The largest absolute Gasteiger partial charge is 0.366 e. The topological polar surface area (TPSA) is 85.8 Å². The zero-order chi connectivity index (χ0) is 14.5. The minimum Gasteiger partial charge on any atom is -0.366 e. The van der Waals surface area contributed by atoms with Crippen molar-refractivity contribution in [2.45, 2.75) is 26.6 Å². The second-order valence-corrected chi connectivity index (χ2v) is 4.71. The molecule has 2 aromatic rings. The van der Waals surface area contributed by atoms with Crippen molar-refractivity contribution in [1.82, 2.24) is 20.1 Å². The summed E-state index contributed by atoms with van der Waals surface area (Å²) in [7, 11) is 0. The number of halogens is 1. The molecule has 1 aromatic carbocycles. The highest BCUT2D eigenvalue weighted by atomic mass is 35.5. The maximum absolute atomic E-state index is 11.0. The predicted octanol–water partition coefficient (Wildman–Crippen LogP) is 1.34. The molecule has 0 unspecified atom stereocenters. The molecule has 0 atom stereocenters. The second kappa shape index (κ2) is 6.49. The Balaban J connectivity index is 1.96. The van der Waals surface area contributed by atoms with E-state index in [2.05, 4.69) is 15.5 Å². The molecule has 6 nitrogen and oxygen atoms in total. The van der Waals surface area contributed by atoms with Gasteiger partial charge in [0.25, 0.3) is 0 Å². The van der Waals surface area contributed by atoms with Crippen LogP contribution in [0.1, 0.15) is 28.7 Å². The first-order chi connectivity index (χ1) is 9.61. The molecule has 0 radical (unpaired) electrons. The van der Waals surface area contributed by atoms with Gasteiger partial charge in [0.2, 0.25) is 5.91 Å². The summed E-state index contributed by atoms with van der Waals surface area (Å²) in [4.78, 5) is 11.0. The van der Waals surface area contributed by atoms with Crippen LogP contribution in [0.4, 0.5) is 0 Å². The van der Waals surface area contributed by atoms with Gasteiger partial charge < -0.3 is 15.6 Å². The fourth-order valence-corrected chi connectivity index (χ4v) is 2.08. The highest BCUT2D eigenvalue weighted by Crippen LogP contribution is 2.17. The third kappa shape index (κ3) is 3.34. The van der Waals surface area contributed by atoms with Gasteiger partial charge in [0.15, 0.2) is 0 Å². The predicted molar refractivity (Wildman–Crippen MR) is 76.2 cm³/mol. The third-order valence-corrected chi connectivity index (χ3v) is 3.32. The van der Waals surface area contributed by atoms with Crippen molar-refractivity contribution in [2.75, 3.05) is 0 Å². The molecular weight excluding hydrogens is 278 g/mol. The molecule has 1 heterocycles. The number of primary amides is 1. The summed E-state index contributed by atoms with van der Waals surface area (Å²) in [5.74, 6) is 0.389. The smallest absolute Gasteiger partial charge is 0.248 e. The Morgan fingerprint density at radius 1 is 1.45 bits per heavy atom. The fraction of sp³-hybridized carbons (Fsp3) is 0.308. The minimum absolute atomic E-state index is 0.407. The summed E-state index contributed by atoms with van der Waals surface area (Å²) in [6.07, 6.45) is 1.70. The lowest BCUT2D eigenvalue weighted by atomic mass is 10.1. The first-order valence-corrected chi connectivity index (χ1v) is 6.65. The van der Waals surface area contributed by atoms with Crippen molar-refractivity contribution in [3.05, 3.63) is 46.5 Å². The average Bonchev–Trinajstić information content (AvgIpc) is 2.87. The average molecular weight is 294 g/mol. The summed E-state index contributed by atoms with van der Waals surface area (Å²) in [6, 6.07) is 5.04. The first kappa shape index (κ1) is 14.5. The fourth-order valence-electron chi connectivity index (χ4n) is 1.83. The number of benzene rings is 1. The van der Waals surface area contributed by atoms with Crippen LogP contribution in [0, 0.1) is 0 Å². The van der Waals surface area contributed by atoms with Crippen LogP contribution in [0.3, 0.4) is 0 Å². The first-order valence-electron chi connectivity index (χ1n) is 6.27. The number of amides is 1. The van der Waals surface area contributed by atoms with E-state index in [1.807, 2.05) is 11.5 Å². The molecule has 1 amide bonds. The lowest BCUT2D eigenvalue weighted by molar-refractivity contribution is 0.100. The van der Waals surface area contributed by atoms with Crippen molar-refractivity contribution in [3.8, 4) is 0 Å². The van der Waals surface area contributed by atoms with Gasteiger partial charge in [0.05, 0.1) is 6.54 Å². The molecule has 20 heavy (non-hydrogen) atoms. The quantitative estimate of drug-likeness (QED) is 0.841. The Labute approximate surface area is 121 Å². The zero-order valence-corrected chi connectivity index (χ0v) is 11.9. The van der Waals surface area contributed by atoms with E-state index in [9.17, 15) is 4.79 Å². The van der Waals surface area contributed by atoms with Gasteiger partial charge >= 0.3 is 0 Å². The normalized spacial score (nSPS) is 10.7. The van der Waals surface area contributed by atoms with Gasteiger partial charge in [-0.1, -0.05) is 17.7 Å². The highest BCUT2D eigenvalue weighted by molar-refractivity contribution is 6.31. The summed E-state index contributed by atoms with van der Waals surface area (Å²) < 4.78 is 1.96. The van der Waals surface area contributed by atoms with Gasteiger partial charge in [0, 0.05) is 23.7 Å². The van der Waals surface area contributed by atoms with E-state index in [1.54, 1.807) is 24.5 Å². The number of nitrogens with two attached hydrogens (primary N) is 1. The third-order valence-electron chi connectivity index (χ3n) is 2.97. The highest BCUT2D eigenvalue weighted by Gasteiger charge is 2.06. The summed E-state index contributed by atoms with van der Waals surface area (Å²) in [5, 5.41) is 11.7. The van der Waals surface area contributed by atoms with Crippen molar-refractivity contribution in [2.24, 2.45) is 5.73 Å². The maximum atomic E-state index is 11.0. The second-order valence-electron chi connectivity index (χ2n) is 4.31. The summed E-state index contributed by atoms with van der Waals surface area (Å²) >= 11 is 6.11. The molecule has 106 valence electrons. The van der Waals surface area contributed by atoms with Gasteiger partial charge in [-0.3, -0.25) is 4.79 Å². The van der Waals surface area contributed by atoms with Crippen molar-refractivity contribution in [3.63, 3.8) is 0 Å². The minimum atomic E-state index is -0.484. The van der Waals surface area contributed by atoms with E-state index < -0.39 is 5.91 Å². The number of aromatic nitrogens is 3. The molecule has 3 N–H and O–H groups in total. The van der Waals surface area contributed by atoms with Gasteiger partial charge in [-0.2, -0.15) is 0 Å². The number of hydrogen-bond acceptors (Lipinski definition) is 4. The molecule has 0 spiro atoms. The number of carbonyl (C=O) groups excluding carboxylic acids is 1. The number of hydrogen-bond donors (Lipinski definition) is 2. The SMILES string of the molecule is CCn1cnnc1CNCc1ccc(C(N)=O)cc1Cl. The van der Waals surface area contributed by atoms with E-state index in [0.29, 0.717) is 23.7 Å². The Kier molecular flexibility index (Phi) is 4.70. The summed E-state index contributed by atoms with van der Waals surface area (Å²) in [6.45, 7) is 4.04. The van der Waals surface area contributed by atoms with Crippen molar-refractivity contribution >= 4 is 17.5 Å². The molecule has 0 aliphatic carbocycles. The Morgan fingerprint density at radius 3 is 2.90 bits per heavy atom. The van der Waals surface area contributed by atoms with E-state index in [4.69, 9.17) is 17.3 Å². The van der Waals surface area contributed by atoms with Crippen LogP contribution in [0.15, 0.2) is 24.5 Å². The number of nitrogens with one attached hydrogen (secondary N) is 1. The number of aryl methyl sites for hydroxylation is 1. The van der Waals surface area contributed by atoms with Crippen molar-refractivity contribution < 1.29 is 4.79 Å². The van der Waals surface area contributed by atoms with Crippen LogP contribution < -0.4 is 11.1 Å². The van der Waals surface area contributed by atoms with Gasteiger partial charge in [-0.15, -0.1) is 10.2 Å². The van der Waals surface area contributed by atoms with Crippen LogP contribution in [0.5, 0.6) is 0 Å². The monoisotopic (exact) mass is 293 g/mol. The van der Waals surface area contributed by atoms with Gasteiger partial charge in [-0.25, -0.2) is 0 Å². The standard InChI is InChI=1S/C13H16ClN5O/c1-2-19-8-17-18-12(19)7-16-6-10-4-3-9(13(15)20)5-11(10)14/h3-5,8,16H,2,6-7H2,1H3,(H2,15,20). The zero-order valence-electron chi connectivity index (χ0n) is 11.1. The van der Waals surface area contributed by atoms with E-state index in [1.165, 1.54) is 0 Å². The van der Waals surface area contributed by atoms with Crippen molar-refractivity contribution in [1.29, 1.82) is 0 Å². The number of carbonyl (C=O) groups is 1. The number of rotatable bonds is 6. The van der Waals surface area contributed by atoms with Crippen LogP contribution in [-0.4, -0.2) is 20.7 Å². The molecule has 0 fully saturated rings. The Morgan fingerprint density at radius 2 is 2.25 bits per heavy atom. The molecule has 0 bridgehead atoms. The van der Waals surface area contributed by atoms with Crippen LogP contribution >= 0.6 is 11.6 Å². The summed E-state index contributed by atoms with van der Waals surface area (Å²) in [5.41, 5.74) is 6.51. The molecule has 0 aliphatic heterocycles. The van der Waals surface area contributed by atoms with Crippen LogP contribution in [-0.2, 0) is 19.6 Å². The van der Waals surface area contributed by atoms with Gasteiger partial charge in [0.1, 0.15) is 12.2 Å². The molecule has 2 rings (SSSR count). The maximum Gasteiger partial charge on any atom is 0.248 e. The molecule has 0 saturated carbocycles. The van der Waals surface area contributed by atoms with E-state index >= 15 is 0 Å². The van der Waals surface area contributed by atoms with Crippen LogP contribution in [0.2, 0.25) is 5.02 Å². The molecule has 0 saturated heterocycles. The van der Waals surface area contributed by atoms with E-state index in [-0.39, 0.29) is 0 Å².